The van der Waals surface area contributed by atoms with Gasteiger partial charge in [-0.2, -0.15) is 0 Å². The Kier molecular flexibility index (Phi) is 3.19. The Balaban J connectivity index is 2.11. The SMILES string of the molecule is [NH3+]C1CCN(C(=O)c2ccccc2F)CC1. The highest BCUT2D eigenvalue weighted by atomic mass is 19.1. The van der Waals surface area contributed by atoms with Gasteiger partial charge in [-0.1, -0.05) is 12.1 Å². The molecule has 1 fully saturated rings. The molecule has 0 unspecified atom stereocenters. The van der Waals surface area contributed by atoms with Crippen molar-refractivity contribution in [1.29, 1.82) is 0 Å². The monoisotopic (exact) mass is 223 g/mol. The average Bonchev–Trinajstić information content (AvgIpc) is 2.30. The van der Waals surface area contributed by atoms with E-state index in [2.05, 4.69) is 5.73 Å². The fraction of sp³-hybridized carbons (Fsp3) is 0.417. The van der Waals surface area contributed by atoms with Crippen LogP contribution in [-0.4, -0.2) is 29.9 Å². The predicted molar refractivity (Wildman–Crippen MR) is 58.2 cm³/mol. The molecule has 16 heavy (non-hydrogen) atoms. The number of likely N-dealkylation sites (tertiary alicyclic amines) is 1. The van der Waals surface area contributed by atoms with Crippen molar-refractivity contribution in [1.82, 2.24) is 4.90 Å². The maximum Gasteiger partial charge on any atom is 0.256 e. The second-order valence-corrected chi connectivity index (χ2v) is 4.22. The van der Waals surface area contributed by atoms with Crippen LogP contribution in [0, 0.1) is 5.82 Å². The summed E-state index contributed by atoms with van der Waals surface area (Å²) >= 11 is 0. The molecule has 0 radical (unpaired) electrons. The van der Waals surface area contributed by atoms with Crippen LogP contribution in [0.1, 0.15) is 23.2 Å². The van der Waals surface area contributed by atoms with Crippen molar-refractivity contribution in [2.24, 2.45) is 0 Å². The Morgan fingerprint density at radius 1 is 1.31 bits per heavy atom. The molecule has 0 spiro atoms. The molecule has 3 N–H and O–H groups in total. The second-order valence-electron chi connectivity index (χ2n) is 4.22. The number of rotatable bonds is 1. The number of hydrogen-bond donors (Lipinski definition) is 1. The third-order valence-corrected chi connectivity index (χ3v) is 3.01. The Labute approximate surface area is 94.0 Å². The molecule has 0 atom stereocenters. The summed E-state index contributed by atoms with van der Waals surface area (Å²) in [7, 11) is 0. The highest BCUT2D eigenvalue weighted by Crippen LogP contribution is 2.14. The third-order valence-electron chi connectivity index (χ3n) is 3.01. The molecule has 86 valence electrons. The fourth-order valence-electron chi connectivity index (χ4n) is 1.94. The van der Waals surface area contributed by atoms with E-state index in [9.17, 15) is 9.18 Å². The van der Waals surface area contributed by atoms with E-state index in [4.69, 9.17) is 0 Å². The number of hydrogen-bond acceptors (Lipinski definition) is 1. The fourth-order valence-corrected chi connectivity index (χ4v) is 1.94. The van der Waals surface area contributed by atoms with Crippen molar-refractivity contribution in [3.05, 3.63) is 35.6 Å². The van der Waals surface area contributed by atoms with Gasteiger partial charge in [0.1, 0.15) is 5.82 Å². The van der Waals surface area contributed by atoms with Gasteiger partial charge in [-0.3, -0.25) is 4.79 Å². The van der Waals surface area contributed by atoms with Gasteiger partial charge in [0.2, 0.25) is 0 Å². The molecule has 0 aromatic heterocycles. The van der Waals surface area contributed by atoms with Gasteiger partial charge in [-0.25, -0.2) is 4.39 Å². The first-order valence-corrected chi connectivity index (χ1v) is 5.55. The summed E-state index contributed by atoms with van der Waals surface area (Å²) in [4.78, 5) is 13.7. The van der Waals surface area contributed by atoms with Gasteiger partial charge >= 0.3 is 0 Å². The van der Waals surface area contributed by atoms with Crippen LogP contribution in [0.5, 0.6) is 0 Å². The van der Waals surface area contributed by atoms with Crippen molar-refractivity contribution >= 4 is 5.91 Å². The molecular weight excluding hydrogens is 207 g/mol. The minimum Gasteiger partial charge on any atom is -0.355 e. The van der Waals surface area contributed by atoms with Crippen LogP contribution in [0.3, 0.4) is 0 Å². The molecule has 3 nitrogen and oxygen atoms in total. The Morgan fingerprint density at radius 2 is 1.94 bits per heavy atom. The van der Waals surface area contributed by atoms with Gasteiger partial charge in [0.25, 0.3) is 5.91 Å². The van der Waals surface area contributed by atoms with Crippen LogP contribution in [0.4, 0.5) is 4.39 Å². The molecule has 0 aliphatic carbocycles. The molecule has 0 saturated carbocycles. The minimum absolute atomic E-state index is 0.171. The maximum atomic E-state index is 13.4. The summed E-state index contributed by atoms with van der Waals surface area (Å²) in [5.74, 6) is -0.644. The van der Waals surface area contributed by atoms with Crippen molar-refractivity contribution in [3.8, 4) is 0 Å². The number of amides is 1. The molecule has 2 rings (SSSR count). The van der Waals surface area contributed by atoms with E-state index in [1.165, 1.54) is 12.1 Å². The van der Waals surface area contributed by atoms with Crippen molar-refractivity contribution < 1.29 is 14.9 Å². The zero-order valence-electron chi connectivity index (χ0n) is 9.16. The predicted octanol–water partition coefficient (Wildman–Crippen LogP) is 0.672. The number of halogens is 1. The van der Waals surface area contributed by atoms with Gasteiger partial charge in [0.15, 0.2) is 0 Å². The first-order chi connectivity index (χ1) is 7.68. The zero-order chi connectivity index (χ0) is 11.5. The zero-order valence-corrected chi connectivity index (χ0v) is 9.16. The van der Waals surface area contributed by atoms with Crippen LogP contribution in [0.25, 0.3) is 0 Å². The highest BCUT2D eigenvalue weighted by Gasteiger charge is 2.24. The van der Waals surface area contributed by atoms with E-state index in [0.29, 0.717) is 19.1 Å². The topological polar surface area (TPSA) is 48.0 Å². The Morgan fingerprint density at radius 3 is 2.56 bits per heavy atom. The molecule has 1 aliphatic rings. The molecule has 1 amide bonds. The largest absolute Gasteiger partial charge is 0.355 e. The molecule has 1 aromatic carbocycles. The first-order valence-electron chi connectivity index (χ1n) is 5.55. The molecule has 4 heteroatoms. The van der Waals surface area contributed by atoms with Gasteiger partial charge in [-0.05, 0) is 12.1 Å². The van der Waals surface area contributed by atoms with Gasteiger partial charge in [-0.15, -0.1) is 0 Å². The van der Waals surface area contributed by atoms with Crippen molar-refractivity contribution in [2.45, 2.75) is 18.9 Å². The van der Waals surface area contributed by atoms with Crippen molar-refractivity contribution in [2.75, 3.05) is 13.1 Å². The summed E-state index contributed by atoms with van der Waals surface area (Å²) in [6.07, 6.45) is 1.81. The molecule has 0 bridgehead atoms. The summed E-state index contributed by atoms with van der Waals surface area (Å²) < 4.78 is 13.4. The van der Waals surface area contributed by atoms with Crippen LogP contribution in [0.2, 0.25) is 0 Å². The average molecular weight is 223 g/mol. The lowest BCUT2D eigenvalue weighted by Gasteiger charge is -2.28. The van der Waals surface area contributed by atoms with Crippen molar-refractivity contribution in [3.63, 3.8) is 0 Å². The molecule has 1 aromatic rings. The first kappa shape index (κ1) is 11.1. The van der Waals surface area contributed by atoms with Gasteiger partial charge in [0, 0.05) is 25.9 Å². The molecule has 1 aliphatic heterocycles. The van der Waals surface area contributed by atoms with E-state index in [1.54, 1.807) is 17.0 Å². The van der Waals surface area contributed by atoms with Gasteiger partial charge < -0.3 is 10.6 Å². The summed E-state index contributed by atoms with van der Waals surface area (Å²) in [5, 5.41) is 0. The standard InChI is InChI=1S/C12H15FN2O/c13-11-4-2-1-3-10(11)12(16)15-7-5-9(14)6-8-15/h1-4,9H,5-8,14H2/p+1. The van der Waals surface area contributed by atoms with E-state index in [1.807, 2.05) is 0 Å². The Hall–Kier alpha value is -1.42. The van der Waals surface area contributed by atoms with E-state index in [-0.39, 0.29) is 11.5 Å². The lowest BCUT2D eigenvalue weighted by Crippen LogP contribution is -2.64. The number of quaternary nitrogens is 1. The number of piperidine rings is 1. The lowest BCUT2D eigenvalue weighted by molar-refractivity contribution is -0.425. The second kappa shape index (κ2) is 4.61. The minimum atomic E-state index is -0.441. The van der Waals surface area contributed by atoms with E-state index >= 15 is 0 Å². The number of benzene rings is 1. The van der Waals surface area contributed by atoms with Crippen LogP contribution >= 0.6 is 0 Å². The normalized spacial score (nSPS) is 17.5. The smallest absolute Gasteiger partial charge is 0.256 e. The molecular formula is C12H16FN2O+. The summed E-state index contributed by atoms with van der Waals surface area (Å²) in [6, 6.07) is 6.55. The lowest BCUT2D eigenvalue weighted by atomic mass is 10.0. The summed E-state index contributed by atoms with van der Waals surface area (Å²) in [5.41, 5.74) is 4.14. The third kappa shape index (κ3) is 2.22. The van der Waals surface area contributed by atoms with Gasteiger partial charge in [0.05, 0.1) is 11.6 Å². The quantitative estimate of drug-likeness (QED) is 0.747. The van der Waals surface area contributed by atoms with Crippen LogP contribution in [0.15, 0.2) is 24.3 Å². The van der Waals surface area contributed by atoms with E-state index in [0.717, 1.165) is 12.8 Å². The number of carbonyl (C=O) groups excluding carboxylic acids is 1. The summed E-state index contributed by atoms with van der Waals surface area (Å²) in [6.45, 7) is 1.36. The highest BCUT2D eigenvalue weighted by molar-refractivity contribution is 5.94. The van der Waals surface area contributed by atoms with Crippen LogP contribution < -0.4 is 5.73 Å². The van der Waals surface area contributed by atoms with Crippen LogP contribution in [-0.2, 0) is 0 Å². The molecule has 1 heterocycles. The molecule has 1 saturated heterocycles. The Bertz CT molecular complexity index is 386. The number of nitrogens with zero attached hydrogens (tertiary/aromatic N) is 1. The van der Waals surface area contributed by atoms with E-state index < -0.39 is 5.82 Å². The maximum absolute atomic E-state index is 13.4. The number of carbonyl (C=O) groups is 1.